The van der Waals surface area contributed by atoms with Crippen molar-refractivity contribution in [1.29, 1.82) is 0 Å². The third-order valence-electron chi connectivity index (χ3n) is 7.51. The van der Waals surface area contributed by atoms with Gasteiger partial charge in [-0.2, -0.15) is 0 Å². The molecule has 4 heterocycles. The van der Waals surface area contributed by atoms with Gasteiger partial charge >= 0.3 is 0 Å². The minimum atomic E-state index is -1.13. The Morgan fingerprint density at radius 3 is 2.64 bits per heavy atom. The largest absolute Gasteiger partial charge is 0.361 e. The summed E-state index contributed by atoms with van der Waals surface area (Å²) in [4.78, 5) is 20.1. The van der Waals surface area contributed by atoms with Crippen molar-refractivity contribution >= 4 is 30.0 Å². The number of piperidine rings is 1. The topological polar surface area (TPSA) is 52.3 Å². The number of likely N-dealkylation sites (tertiary alicyclic amines) is 1. The van der Waals surface area contributed by atoms with E-state index in [1.165, 1.54) is 5.56 Å². The number of hydrogen-bond acceptors (Lipinski definition) is 4. The van der Waals surface area contributed by atoms with Crippen molar-refractivity contribution in [3.05, 3.63) is 76.8 Å². The lowest BCUT2D eigenvalue weighted by Crippen LogP contribution is -2.40. The van der Waals surface area contributed by atoms with E-state index in [4.69, 9.17) is 9.72 Å². The van der Waals surface area contributed by atoms with Crippen molar-refractivity contribution < 1.29 is 4.74 Å². The van der Waals surface area contributed by atoms with Gasteiger partial charge in [0.25, 0.3) is 0 Å². The molecule has 0 amide bonds. The Balaban J connectivity index is 1.47. The Morgan fingerprint density at radius 2 is 1.86 bits per heavy atom. The molecule has 1 aliphatic rings. The first-order valence-corrected chi connectivity index (χ1v) is 16.8. The van der Waals surface area contributed by atoms with Crippen molar-refractivity contribution in [3.8, 4) is 0 Å². The number of fused-ring (bicyclic) bond motifs is 3. The highest BCUT2D eigenvalue weighted by Gasteiger charge is 2.29. The van der Waals surface area contributed by atoms with Crippen LogP contribution in [0.1, 0.15) is 24.9 Å². The number of benzene rings is 1. The number of pyridine rings is 2. The zero-order chi connectivity index (χ0) is 25.3. The zero-order valence-electron chi connectivity index (χ0n) is 22.0. The molecule has 1 aliphatic heterocycles. The van der Waals surface area contributed by atoms with E-state index in [0.717, 1.165) is 55.3 Å². The summed E-state index contributed by atoms with van der Waals surface area (Å²) in [5, 5.41) is 1.71. The van der Waals surface area contributed by atoms with Gasteiger partial charge < -0.3 is 13.9 Å². The molecule has 2 atom stereocenters. The standard InChI is InChI=1S/C29H38N4O2Si/c1-22-10-13-31(19-23-8-6-5-7-9-23)20-26(22)33-15-12-27(34)25-18-30-29-24(28(25)33)11-14-32(29)21-35-16-17-36(2,3)4/h5-9,11-12,14-15,18,22,26H,10,13,16-17,19-21H2,1-4H3/t22-,26+/m1/s1. The summed E-state index contributed by atoms with van der Waals surface area (Å²) in [7, 11) is -1.13. The summed E-state index contributed by atoms with van der Waals surface area (Å²) < 4.78 is 10.4. The molecule has 7 heteroatoms. The molecule has 0 unspecified atom stereocenters. The second-order valence-electron chi connectivity index (χ2n) is 11.5. The molecule has 1 aromatic carbocycles. The average Bonchev–Trinajstić information content (AvgIpc) is 3.27. The molecule has 0 aliphatic carbocycles. The Morgan fingerprint density at radius 1 is 1.06 bits per heavy atom. The van der Waals surface area contributed by atoms with E-state index in [-0.39, 0.29) is 11.5 Å². The maximum Gasteiger partial charge on any atom is 0.190 e. The lowest BCUT2D eigenvalue weighted by Gasteiger charge is -2.39. The van der Waals surface area contributed by atoms with Gasteiger partial charge in [-0.15, -0.1) is 0 Å². The molecule has 36 heavy (non-hydrogen) atoms. The number of aromatic nitrogens is 3. The Bertz CT molecular complexity index is 1390. The van der Waals surface area contributed by atoms with E-state index >= 15 is 0 Å². The van der Waals surface area contributed by atoms with Gasteiger partial charge in [0, 0.05) is 63.9 Å². The van der Waals surface area contributed by atoms with Gasteiger partial charge in [-0.3, -0.25) is 9.69 Å². The molecule has 0 bridgehead atoms. The first kappa shape index (κ1) is 24.9. The van der Waals surface area contributed by atoms with Crippen molar-refractivity contribution in [3.63, 3.8) is 0 Å². The summed E-state index contributed by atoms with van der Waals surface area (Å²) in [5.41, 5.74) is 3.24. The molecule has 1 fully saturated rings. The fourth-order valence-electron chi connectivity index (χ4n) is 5.28. The predicted octanol–water partition coefficient (Wildman–Crippen LogP) is 5.75. The third-order valence-corrected chi connectivity index (χ3v) is 9.21. The first-order chi connectivity index (χ1) is 17.3. The average molecular weight is 503 g/mol. The van der Waals surface area contributed by atoms with Gasteiger partial charge in [-0.1, -0.05) is 56.9 Å². The summed E-state index contributed by atoms with van der Waals surface area (Å²) in [6, 6.07) is 15.9. The van der Waals surface area contributed by atoms with E-state index < -0.39 is 8.07 Å². The Labute approximate surface area is 214 Å². The van der Waals surface area contributed by atoms with Crippen LogP contribution in [0.5, 0.6) is 0 Å². The van der Waals surface area contributed by atoms with Crippen LogP contribution in [-0.4, -0.2) is 46.8 Å². The van der Waals surface area contributed by atoms with Crippen LogP contribution in [0, 0.1) is 5.92 Å². The van der Waals surface area contributed by atoms with Crippen molar-refractivity contribution in [2.24, 2.45) is 5.92 Å². The molecule has 4 aromatic rings. The summed E-state index contributed by atoms with van der Waals surface area (Å²) in [5.74, 6) is 0.512. The maximum atomic E-state index is 12.9. The first-order valence-electron chi connectivity index (χ1n) is 13.1. The van der Waals surface area contributed by atoms with Crippen LogP contribution < -0.4 is 5.43 Å². The molecule has 0 saturated carbocycles. The molecule has 5 rings (SSSR count). The van der Waals surface area contributed by atoms with Gasteiger partial charge in [0.15, 0.2) is 5.43 Å². The lowest BCUT2D eigenvalue weighted by atomic mass is 9.92. The third kappa shape index (κ3) is 5.33. The van der Waals surface area contributed by atoms with Crippen molar-refractivity contribution in [2.45, 2.75) is 58.3 Å². The van der Waals surface area contributed by atoms with Crippen molar-refractivity contribution in [1.82, 2.24) is 19.0 Å². The predicted molar refractivity (Wildman–Crippen MR) is 150 cm³/mol. The van der Waals surface area contributed by atoms with Crippen LogP contribution in [0.2, 0.25) is 25.7 Å². The molecule has 0 N–H and O–H groups in total. The molecule has 190 valence electrons. The molecule has 1 saturated heterocycles. The van der Waals surface area contributed by atoms with Gasteiger partial charge in [0.1, 0.15) is 12.4 Å². The molecule has 6 nitrogen and oxygen atoms in total. The zero-order valence-corrected chi connectivity index (χ0v) is 23.0. The number of nitrogens with zero attached hydrogens (tertiary/aromatic N) is 4. The molecule has 0 radical (unpaired) electrons. The molecule has 0 spiro atoms. The second kappa shape index (κ2) is 10.3. The minimum absolute atomic E-state index is 0.0272. The van der Waals surface area contributed by atoms with Crippen LogP contribution in [0.25, 0.3) is 21.9 Å². The van der Waals surface area contributed by atoms with E-state index in [1.807, 2.05) is 12.4 Å². The number of rotatable bonds is 8. The monoisotopic (exact) mass is 502 g/mol. The van der Waals surface area contributed by atoms with Crippen molar-refractivity contribution in [2.75, 3.05) is 19.7 Å². The number of hydrogen-bond donors (Lipinski definition) is 0. The smallest absolute Gasteiger partial charge is 0.190 e. The summed E-state index contributed by atoms with van der Waals surface area (Å²) >= 11 is 0. The van der Waals surface area contributed by atoms with Gasteiger partial charge in [0.05, 0.1) is 10.9 Å². The van der Waals surface area contributed by atoms with Crippen LogP contribution in [0.15, 0.2) is 65.8 Å². The lowest BCUT2D eigenvalue weighted by molar-refractivity contribution is 0.0899. The summed E-state index contributed by atoms with van der Waals surface area (Å²) in [6.45, 7) is 13.7. The molecular weight excluding hydrogens is 464 g/mol. The highest BCUT2D eigenvalue weighted by molar-refractivity contribution is 6.76. The quantitative estimate of drug-likeness (QED) is 0.228. The van der Waals surface area contributed by atoms with Crippen LogP contribution in [0.4, 0.5) is 0 Å². The van der Waals surface area contributed by atoms with Crippen LogP contribution in [0.3, 0.4) is 0 Å². The fraction of sp³-hybridized carbons (Fsp3) is 0.448. The van der Waals surface area contributed by atoms with Gasteiger partial charge in [-0.25, -0.2) is 4.98 Å². The highest BCUT2D eigenvalue weighted by Crippen LogP contribution is 2.33. The van der Waals surface area contributed by atoms with Crippen LogP contribution in [-0.2, 0) is 18.0 Å². The highest BCUT2D eigenvalue weighted by atomic mass is 28.3. The SMILES string of the molecule is C[C@@H]1CCN(Cc2ccccc2)C[C@@H]1n1ccc(=O)c2cnc3c(ccn3COCC[Si](C)(C)C)c21. The van der Waals surface area contributed by atoms with E-state index in [0.29, 0.717) is 18.0 Å². The van der Waals surface area contributed by atoms with Crippen LogP contribution >= 0.6 is 0 Å². The normalized spacial score (nSPS) is 19.3. The Kier molecular flexibility index (Phi) is 7.15. The molecule has 3 aromatic heterocycles. The fourth-order valence-corrected chi connectivity index (χ4v) is 6.04. The van der Waals surface area contributed by atoms with E-state index in [1.54, 1.807) is 12.3 Å². The van der Waals surface area contributed by atoms with E-state index in [9.17, 15) is 4.79 Å². The van der Waals surface area contributed by atoms with Gasteiger partial charge in [-0.05, 0) is 36.6 Å². The minimum Gasteiger partial charge on any atom is -0.361 e. The second-order valence-corrected chi connectivity index (χ2v) is 17.2. The number of ether oxygens (including phenoxy) is 1. The van der Waals surface area contributed by atoms with Gasteiger partial charge in [0.2, 0.25) is 0 Å². The maximum absolute atomic E-state index is 12.9. The summed E-state index contributed by atoms with van der Waals surface area (Å²) in [6.07, 6.45) is 6.92. The Hall–Kier alpha value is -2.74. The van der Waals surface area contributed by atoms with E-state index in [2.05, 4.69) is 77.0 Å². The molecular formula is C29H38N4O2Si.